The van der Waals surface area contributed by atoms with Crippen molar-refractivity contribution in [1.82, 2.24) is 0 Å². The highest BCUT2D eigenvalue weighted by Gasteiger charge is 2.42. The lowest BCUT2D eigenvalue weighted by Gasteiger charge is -2.36. The molecule has 0 N–H and O–H groups in total. The lowest BCUT2D eigenvalue weighted by atomic mass is 9.79. The topological polar surface area (TPSA) is 61.8 Å². The predicted octanol–water partition coefficient (Wildman–Crippen LogP) is 7.37. The molecule has 2 aromatic carbocycles. The number of nitrogens with zero attached hydrogens (tertiary/aromatic N) is 1. The number of esters is 1. The molecule has 1 heterocycles. The van der Waals surface area contributed by atoms with Gasteiger partial charge in [-0.2, -0.15) is 0 Å². The van der Waals surface area contributed by atoms with Gasteiger partial charge in [-0.05, 0) is 55.4 Å². The number of rotatable bonds is 13. The van der Waals surface area contributed by atoms with Crippen LogP contribution in [0, 0.1) is 5.41 Å². The molecule has 1 unspecified atom stereocenters. The van der Waals surface area contributed by atoms with E-state index in [1.165, 1.54) is 0 Å². The minimum atomic E-state index is -1.16. The molecular formula is C29H41NO4S2. The average molecular weight is 532 g/mol. The average Bonchev–Trinajstić information content (AvgIpc) is 3.01. The number of thioether (sulfide) groups is 1. The summed E-state index contributed by atoms with van der Waals surface area (Å²) in [5, 5.41) is 0. The fourth-order valence-corrected chi connectivity index (χ4v) is 7.15. The summed E-state index contributed by atoms with van der Waals surface area (Å²) >= 11 is 0.440. The second-order valence-corrected chi connectivity index (χ2v) is 11.8. The Bertz CT molecular complexity index is 961. The van der Waals surface area contributed by atoms with Gasteiger partial charge >= 0.3 is 5.97 Å². The van der Waals surface area contributed by atoms with Gasteiger partial charge in [-0.3, -0.25) is 4.79 Å². The van der Waals surface area contributed by atoms with Crippen molar-refractivity contribution in [2.75, 3.05) is 36.7 Å². The SMILES string of the molecule is CCCCC1(CCCC)CN(c2ccccc2)c2cc(SC)c(OCCC(=O)OCC)cc2[S+]([O-])C1. The minimum Gasteiger partial charge on any atom is -0.611 e. The minimum absolute atomic E-state index is 0.0177. The lowest BCUT2D eigenvalue weighted by molar-refractivity contribution is -0.143. The molecular weight excluding hydrogens is 490 g/mol. The van der Waals surface area contributed by atoms with E-state index >= 15 is 0 Å². The molecule has 3 rings (SSSR count). The summed E-state index contributed by atoms with van der Waals surface area (Å²) in [6, 6.07) is 14.5. The largest absolute Gasteiger partial charge is 0.611 e. The molecule has 0 radical (unpaired) electrons. The summed E-state index contributed by atoms with van der Waals surface area (Å²) in [7, 11) is 0. The molecule has 36 heavy (non-hydrogen) atoms. The van der Waals surface area contributed by atoms with Gasteiger partial charge in [-0.15, -0.1) is 11.8 Å². The molecule has 0 aliphatic carbocycles. The van der Waals surface area contributed by atoms with E-state index in [9.17, 15) is 9.35 Å². The molecule has 2 aromatic rings. The summed E-state index contributed by atoms with van der Waals surface area (Å²) in [6.07, 6.45) is 8.90. The van der Waals surface area contributed by atoms with Crippen LogP contribution in [0.1, 0.15) is 65.7 Å². The van der Waals surface area contributed by atoms with E-state index in [4.69, 9.17) is 9.47 Å². The van der Waals surface area contributed by atoms with Gasteiger partial charge in [0.2, 0.25) is 0 Å². The molecule has 0 saturated carbocycles. The van der Waals surface area contributed by atoms with Gasteiger partial charge in [0.05, 0.1) is 30.2 Å². The Morgan fingerprint density at radius 3 is 2.42 bits per heavy atom. The van der Waals surface area contributed by atoms with E-state index in [0.29, 0.717) is 18.1 Å². The van der Waals surface area contributed by atoms with Crippen LogP contribution in [0.5, 0.6) is 5.75 Å². The van der Waals surface area contributed by atoms with Crippen molar-refractivity contribution in [3.63, 3.8) is 0 Å². The molecule has 5 nitrogen and oxygen atoms in total. The van der Waals surface area contributed by atoms with Gasteiger partial charge in [0, 0.05) is 23.7 Å². The fraction of sp³-hybridized carbons (Fsp3) is 0.552. The Kier molecular flexibility index (Phi) is 11.3. The van der Waals surface area contributed by atoms with Crippen molar-refractivity contribution in [3.05, 3.63) is 42.5 Å². The molecule has 0 fully saturated rings. The number of carbonyl (C=O) groups is 1. The van der Waals surface area contributed by atoms with E-state index in [1.54, 1.807) is 18.7 Å². The highest BCUT2D eigenvalue weighted by Crippen LogP contribution is 2.47. The molecule has 1 aliphatic heterocycles. The number of carbonyl (C=O) groups excluding carboxylic acids is 1. The van der Waals surface area contributed by atoms with Crippen LogP contribution < -0.4 is 9.64 Å². The standard InChI is InChI=1S/C29H41NO4S2/c1-5-8-16-29(17-9-6-2)21-30(23-13-11-10-12-14-23)24-19-26(35-4)25(20-27(24)36(32)22-29)34-18-15-28(31)33-7-3/h10-14,19-20H,5-9,15-18,21-22H2,1-4H3. The molecule has 0 aromatic heterocycles. The molecule has 0 amide bonds. The number of ether oxygens (including phenoxy) is 2. The normalized spacial score (nSPS) is 16.8. The van der Waals surface area contributed by atoms with Gasteiger partial charge in [0.1, 0.15) is 11.5 Å². The second-order valence-electron chi connectivity index (χ2n) is 9.49. The van der Waals surface area contributed by atoms with Crippen molar-refractivity contribution >= 4 is 40.3 Å². The first-order valence-corrected chi connectivity index (χ1v) is 15.7. The third-order valence-corrected chi connectivity index (χ3v) is 9.22. The Balaban J connectivity index is 2.03. The van der Waals surface area contributed by atoms with Crippen molar-refractivity contribution in [2.24, 2.45) is 5.41 Å². The number of fused-ring (bicyclic) bond motifs is 1. The smallest absolute Gasteiger partial charge is 0.309 e. The number of unbranched alkanes of at least 4 members (excludes halogenated alkanes) is 2. The van der Waals surface area contributed by atoms with Gasteiger partial charge in [0.25, 0.3) is 0 Å². The number of anilines is 2. The van der Waals surface area contributed by atoms with Crippen LogP contribution in [-0.2, 0) is 20.7 Å². The molecule has 0 spiro atoms. The molecule has 7 heteroatoms. The first kappa shape index (κ1) is 28.7. The molecule has 198 valence electrons. The summed E-state index contributed by atoms with van der Waals surface area (Å²) < 4.78 is 25.1. The third kappa shape index (κ3) is 7.36. The molecule has 1 aliphatic rings. The van der Waals surface area contributed by atoms with Crippen LogP contribution in [0.25, 0.3) is 0 Å². The highest BCUT2D eigenvalue weighted by molar-refractivity contribution is 7.98. The van der Waals surface area contributed by atoms with Crippen LogP contribution in [-0.4, -0.2) is 42.3 Å². The molecule has 0 saturated heterocycles. The summed E-state index contributed by atoms with van der Waals surface area (Å²) in [6.45, 7) is 7.71. The van der Waals surface area contributed by atoms with Gasteiger partial charge in [-0.1, -0.05) is 57.7 Å². The van der Waals surface area contributed by atoms with Crippen LogP contribution >= 0.6 is 11.8 Å². The van der Waals surface area contributed by atoms with Crippen LogP contribution in [0.3, 0.4) is 0 Å². The van der Waals surface area contributed by atoms with Crippen LogP contribution in [0.4, 0.5) is 11.4 Å². The first-order valence-electron chi connectivity index (χ1n) is 13.2. The summed E-state index contributed by atoms with van der Waals surface area (Å²) in [5.74, 6) is 1.07. The maximum atomic E-state index is 14.0. The first-order chi connectivity index (χ1) is 17.5. The zero-order chi connectivity index (χ0) is 26.0. The summed E-state index contributed by atoms with van der Waals surface area (Å²) in [4.78, 5) is 16.0. The third-order valence-electron chi connectivity index (χ3n) is 6.77. The number of hydrogen-bond donors (Lipinski definition) is 0. The van der Waals surface area contributed by atoms with E-state index in [-0.39, 0.29) is 24.4 Å². The van der Waals surface area contributed by atoms with Crippen LogP contribution in [0.15, 0.2) is 52.3 Å². The second kappa shape index (κ2) is 14.2. The number of hydrogen-bond acceptors (Lipinski definition) is 6. The van der Waals surface area contributed by atoms with Crippen molar-refractivity contribution in [3.8, 4) is 5.75 Å². The Hall–Kier alpha value is -1.83. The van der Waals surface area contributed by atoms with E-state index < -0.39 is 11.2 Å². The fourth-order valence-electron chi connectivity index (χ4n) is 4.87. The lowest BCUT2D eigenvalue weighted by Crippen LogP contribution is -2.38. The van der Waals surface area contributed by atoms with Crippen molar-refractivity contribution < 1.29 is 18.8 Å². The molecule has 0 bridgehead atoms. The maximum Gasteiger partial charge on any atom is 0.309 e. The monoisotopic (exact) mass is 531 g/mol. The van der Waals surface area contributed by atoms with Gasteiger partial charge in [-0.25, -0.2) is 0 Å². The predicted molar refractivity (Wildman–Crippen MR) is 151 cm³/mol. The van der Waals surface area contributed by atoms with Crippen molar-refractivity contribution in [1.29, 1.82) is 0 Å². The quantitative estimate of drug-likeness (QED) is 0.153. The number of benzene rings is 2. The van der Waals surface area contributed by atoms with E-state index in [0.717, 1.165) is 66.2 Å². The van der Waals surface area contributed by atoms with Crippen molar-refractivity contribution in [2.45, 2.75) is 75.5 Å². The van der Waals surface area contributed by atoms with Gasteiger partial charge in [0.15, 0.2) is 4.90 Å². The van der Waals surface area contributed by atoms with Crippen LogP contribution in [0.2, 0.25) is 0 Å². The Morgan fingerprint density at radius 2 is 1.81 bits per heavy atom. The summed E-state index contributed by atoms with van der Waals surface area (Å²) in [5.41, 5.74) is 2.10. The number of para-hydroxylation sites is 1. The highest BCUT2D eigenvalue weighted by atomic mass is 32.2. The zero-order valence-corrected chi connectivity index (χ0v) is 23.8. The van der Waals surface area contributed by atoms with Gasteiger partial charge < -0.3 is 18.9 Å². The maximum absolute atomic E-state index is 14.0. The Morgan fingerprint density at radius 1 is 1.11 bits per heavy atom. The molecule has 1 atom stereocenters. The zero-order valence-electron chi connectivity index (χ0n) is 22.2. The Labute approximate surface area is 224 Å². The van der Waals surface area contributed by atoms with E-state index in [1.807, 2.05) is 18.4 Å². The van der Waals surface area contributed by atoms with E-state index in [2.05, 4.69) is 49.1 Å².